The standard InChI is InChI=1S/C15H14N2O5/c18-12-4-3-11(13(19)16-12)17-6-5-8-7-9(15(21)22)1-2-10(8)14(17)20/h1-2,7,11H,3-6H2,(H,21,22)(H,16,18,19). The summed E-state index contributed by atoms with van der Waals surface area (Å²) in [5.41, 5.74) is 1.23. The quantitative estimate of drug-likeness (QED) is 0.759. The van der Waals surface area contributed by atoms with E-state index in [4.69, 9.17) is 5.11 Å². The second-order valence-corrected chi connectivity index (χ2v) is 5.39. The molecule has 1 aromatic carbocycles. The van der Waals surface area contributed by atoms with Gasteiger partial charge in [-0.2, -0.15) is 0 Å². The third-order valence-electron chi connectivity index (χ3n) is 4.05. The van der Waals surface area contributed by atoms with Gasteiger partial charge in [0.05, 0.1) is 5.56 Å². The van der Waals surface area contributed by atoms with E-state index in [1.807, 2.05) is 0 Å². The van der Waals surface area contributed by atoms with Gasteiger partial charge in [0, 0.05) is 18.5 Å². The van der Waals surface area contributed by atoms with Gasteiger partial charge in [0.15, 0.2) is 0 Å². The molecule has 114 valence electrons. The van der Waals surface area contributed by atoms with E-state index >= 15 is 0 Å². The van der Waals surface area contributed by atoms with Crippen LogP contribution in [0.2, 0.25) is 0 Å². The molecule has 2 aliphatic heterocycles. The highest BCUT2D eigenvalue weighted by molar-refractivity contribution is 6.05. The van der Waals surface area contributed by atoms with Crippen LogP contribution in [0.4, 0.5) is 0 Å². The molecule has 2 aliphatic rings. The average Bonchev–Trinajstić information content (AvgIpc) is 2.48. The van der Waals surface area contributed by atoms with Crippen LogP contribution in [0.1, 0.15) is 39.1 Å². The molecule has 1 aromatic rings. The minimum absolute atomic E-state index is 0.140. The van der Waals surface area contributed by atoms with Crippen LogP contribution >= 0.6 is 0 Å². The average molecular weight is 302 g/mol. The SMILES string of the molecule is O=C1CCC(N2CCc3cc(C(=O)O)ccc3C2=O)C(=O)N1. The first-order chi connectivity index (χ1) is 10.5. The van der Waals surface area contributed by atoms with Crippen molar-refractivity contribution < 1.29 is 24.3 Å². The van der Waals surface area contributed by atoms with Crippen molar-refractivity contribution in [3.63, 3.8) is 0 Å². The number of amides is 3. The van der Waals surface area contributed by atoms with Crippen LogP contribution in [0.25, 0.3) is 0 Å². The first kappa shape index (κ1) is 14.2. The van der Waals surface area contributed by atoms with Crippen LogP contribution in [0, 0.1) is 0 Å². The van der Waals surface area contributed by atoms with E-state index in [1.54, 1.807) is 0 Å². The molecule has 3 rings (SSSR count). The van der Waals surface area contributed by atoms with Crippen LogP contribution in [-0.2, 0) is 16.0 Å². The molecular weight excluding hydrogens is 288 g/mol. The Morgan fingerprint density at radius 1 is 1.23 bits per heavy atom. The van der Waals surface area contributed by atoms with Crippen LogP contribution < -0.4 is 5.32 Å². The number of carboxylic acid groups (broad SMARTS) is 1. The first-order valence-electron chi connectivity index (χ1n) is 6.98. The van der Waals surface area contributed by atoms with Crippen molar-refractivity contribution in [2.75, 3.05) is 6.54 Å². The van der Waals surface area contributed by atoms with Crippen molar-refractivity contribution in [2.45, 2.75) is 25.3 Å². The molecule has 7 heteroatoms. The number of piperidine rings is 1. The molecule has 7 nitrogen and oxygen atoms in total. The molecule has 0 aliphatic carbocycles. The van der Waals surface area contributed by atoms with Gasteiger partial charge in [0.25, 0.3) is 5.91 Å². The molecule has 1 saturated heterocycles. The Morgan fingerprint density at radius 3 is 2.68 bits per heavy atom. The zero-order valence-electron chi connectivity index (χ0n) is 11.7. The van der Waals surface area contributed by atoms with Gasteiger partial charge in [-0.25, -0.2) is 4.79 Å². The van der Waals surface area contributed by atoms with E-state index in [1.165, 1.54) is 23.1 Å². The highest BCUT2D eigenvalue weighted by atomic mass is 16.4. The maximum Gasteiger partial charge on any atom is 0.335 e. The lowest BCUT2D eigenvalue weighted by atomic mass is 9.94. The molecule has 1 atom stereocenters. The summed E-state index contributed by atoms with van der Waals surface area (Å²) in [6.07, 6.45) is 1.02. The topological polar surface area (TPSA) is 104 Å². The van der Waals surface area contributed by atoms with Crippen molar-refractivity contribution in [1.29, 1.82) is 0 Å². The number of nitrogens with one attached hydrogen (secondary N) is 1. The second-order valence-electron chi connectivity index (χ2n) is 5.39. The highest BCUT2D eigenvalue weighted by Crippen LogP contribution is 2.24. The van der Waals surface area contributed by atoms with E-state index in [-0.39, 0.29) is 23.8 Å². The number of carbonyl (C=O) groups excluding carboxylic acids is 3. The Bertz CT molecular complexity index is 697. The lowest BCUT2D eigenvalue weighted by molar-refractivity contribution is -0.136. The first-order valence-corrected chi connectivity index (χ1v) is 6.98. The molecular formula is C15H14N2O5. The molecule has 0 bridgehead atoms. The number of nitrogens with zero attached hydrogens (tertiary/aromatic N) is 1. The summed E-state index contributed by atoms with van der Waals surface area (Å²) in [7, 11) is 0. The lowest BCUT2D eigenvalue weighted by Crippen LogP contribution is -2.55. The number of aromatic carboxylic acids is 1. The summed E-state index contributed by atoms with van der Waals surface area (Å²) in [4.78, 5) is 48.1. The molecule has 2 heterocycles. The van der Waals surface area contributed by atoms with Crippen LogP contribution in [-0.4, -0.2) is 46.3 Å². The number of benzene rings is 1. The van der Waals surface area contributed by atoms with Crippen molar-refractivity contribution in [2.24, 2.45) is 0 Å². The molecule has 0 aromatic heterocycles. The number of carbonyl (C=O) groups is 4. The zero-order chi connectivity index (χ0) is 15.9. The largest absolute Gasteiger partial charge is 0.478 e. The van der Waals surface area contributed by atoms with E-state index in [0.29, 0.717) is 30.5 Å². The molecule has 22 heavy (non-hydrogen) atoms. The molecule has 3 amide bonds. The Balaban J connectivity index is 1.87. The van der Waals surface area contributed by atoms with E-state index in [0.717, 1.165) is 0 Å². The minimum Gasteiger partial charge on any atom is -0.478 e. The fourth-order valence-corrected chi connectivity index (χ4v) is 2.92. The van der Waals surface area contributed by atoms with Crippen LogP contribution in [0.3, 0.4) is 0 Å². The third-order valence-corrected chi connectivity index (χ3v) is 4.05. The number of carboxylic acids is 1. The molecule has 0 radical (unpaired) electrons. The van der Waals surface area contributed by atoms with Gasteiger partial charge in [0.2, 0.25) is 11.8 Å². The Labute approximate surface area is 125 Å². The maximum atomic E-state index is 12.5. The fourth-order valence-electron chi connectivity index (χ4n) is 2.92. The minimum atomic E-state index is -1.04. The van der Waals surface area contributed by atoms with E-state index in [2.05, 4.69) is 5.32 Å². The molecule has 0 spiro atoms. The number of imide groups is 1. The smallest absolute Gasteiger partial charge is 0.335 e. The van der Waals surface area contributed by atoms with Crippen LogP contribution in [0.15, 0.2) is 18.2 Å². The second kappa shape index (κ2) is 5.25. The molecule has 1 unspecified atom stereocenters. The van der Waals surface area contributed by atoms with Crippen LogP contribution in [0.5, 0.6) is 0 Å². The van der Waals surface area contributed by atoms with Crippen molar-refractivity contribution in [3.05, 3.63) is 34.9 Å². The normalized spacial score (nSPS) is 21.4. The van der Waals surface area contributed by atoms with Crippen molar-refractivity contribution >= 4 is 23.7 Å². The lowest BCUT2D eigenvalue weighted by Gasteiger charge is -2.36. The molecule has 2 N–H and O–H groups in total. The Morgan fingerprint density at radius 2 is 2.00 bits per heavy atom. The maximum absolute atomic E-state index is 12.5. The summed E-state index contributed by atoms with van der Waals surface area (Å²) in [5.74, 6) is -2.11. The number of fused-ring (bicyclic) bond motifs is 1. The third kappa shape index (κ3) is 2.34. The molecule has 0 saturated carbocycles. The van der Waals surface area contributed by atoms with Gasteiger partial charge in [-0.15, -0.1) is 0 Å². The summed E-state index contributed by atoms with van der Waals surface area (Å²) in [5, 5.41) is 11.2. The van der Waals surface area contributed by atoms with E-state index < -0.39 is 17.9 Å². The predicted molar refractivity (Wildman–Crippen MR) is 74.3 cm³/mol. The highest BCUT2D eigenvalue weighted by Gasteiger charge is 2.37. The van der Waals surface area contributed by atoms with Gasteiger partial charge in [-0.1, -0.05) is 0 Å². The fraction of sp³-hybridized carbons (Fsp3) is 0.333. The number of hydrogen-bond donors (Lipinski definition) is 2. The Hall–Kier alpha value is -2.70. The zero-order valence-corrected chi connectivity index (χ0v) is 11.7. The number of hydrogen-bond acceptors (Lipinski definition) is 4. The van der Waals surface area contributed by atoms with Gasteiger partial charge < -0.3 is 10.0 Å². The number of rotatable bonds is 2. The summed E-state index contributed by atoms with van der Waals surface area (Å²) in [6, 6.07) is 3.72. The summed E-state index contributed by atoms with van der Waals surface area (Å²) in [6.45, 7) is 0.335. The van der Waals surface area contributed by atoms with Crippen molar-refractivity contribution in [1.82, 2.24) is 10.2 Å². The monoisotopic (exact) mass is 302 g/mol. The Kier molecular flexibility index (Phi) is 3.40. The van der Waals surface area contributed by atoms with E-state index in [9.17, 15) is 19.2 Å². The van der Waals surface area contributed by atoms with Crippen molar-refractivity contribution in [3.8, 4) is 0 Å². The van der Waals surface area contributed by atoms with Gasteiger partial charge in [0.1, 0.15) is 6.04 Å². The van der Waals surface area contributed by atoms with Gasteiger partial charge in [-0.05, 0) is 36.6 Å². The van der Waals surface area contributed by atoms with Gasteiger partial charge >= 0.3 is 5.97 Å². The molecule has 1 fully saturated rings. The summed E-state index contributed by atoms with van der Waals surface area (Å²) >= 11 is 0. The summed E-state index contributed by atoms with van der Waals surface area (Å²) < 4.78 is 0. The predicted octanol–water partition coefficient (Wildman–Crippen LogP) is 0.188. The van der Waals surface area contributed by atoms with Gasteiger partial charge in [-0.3, -0.25) is 19.7 Å².